The molecule has 0 saturated carbocycles. The summed E-state index contributed by atoms with van der Waals surface area (Å²) in [6, 6.07) is 0. The van der Waals surface area contributed by atoms with Crippen molar-refractivity contribution < 1.29 is 14.3 Å². The first-order chi connectivity index (χ1) is 3.50. The number of halogens is 2. The van der Waals surface area contributed by atoms with Crippen LogP contribution in [0.25, 0.3) is 0 Å². The van der Waals surface area contributed by atoms with Gasteiger partial charge in [-0.2, -0.15) is 0 Å². The van der Waals surface area contributed by atoms with Gasteiger partial charge >= 0.3 is 5.97 Å². The minimum atomic E-state index is -2.04. The Labute approximate surface area is 59.5 Å². The van der Waals surface area contributed by atoms with Crippen molar-refractivity contribution in [3.63, 3.8) is 0 Å². The van der Waals surface area contributed by atoms with E-state index in [0.29, 0.717) is 0 Å². The van der Waals surface area contributed by atoms with Crippen molar-refractivity contribution in [3.8, 4) is 0 Å². The van der Waals surface area contributed by atoms with Crippen LogP contribution in [0, 0.1) is 0 Å². The molecule has 1 unspecified atom stereocenters. The molecular formula is C5H10ClFO2. The second-order valence-corrected chi connectivity index (χ2v) is 1.86. The lowest BCUT2D eigenvalue weighted by Crippen LogP contribution is -2.28. The van der Waals surface area contributed by atoms with Crippen LogP contribution in [0.2, 0.25) is 0 Å². The standard InChI is InChI=1S/C5H9FO2.ClH/c1-3-5(2,6)4(7)8;/h3H2,1-2H3,(H,7,8);1H. The smallest absolute Gasteiger partial charge is 0.341 e. The lowest BCUT2D eigenvalue weighted by molar-refractivity contribution is -0.149. The van der Waals surface area contributed by atoms with Gasteiger partial charge in [0.25, 0.3) is 0 Å². The van der Waals surface area contributed by atoms with E-state index in [1.54, 1.807) is 0 Å². The van der Waals surface area contributed by atoms with E-state index in [9.17, 15) is 9.18 Å². The van der Waals surface area contributed by atoms with E-state index in [0.717, 1.165) is 6.92 Å². The maximum absolute atomic E-state index is 12.3. The lowest BCUT2D eigenvalue weighted by atomic mass is 10.1. The molecule has 1 atom stereocenters. The predicted molar refractivity (Wildman–Crippen MR) is 34.7 cm³/mol. The molecule has 0 saturated heterocycles. The fourth-order valence-corrected chi connectivity index (χ4v) is 0.151. The first-order valence-corrected chi connectivity index (χ1v) is 2.43. The quantitative estimate of drug-likeness (QED) is 0.660. The Morgan fingerprint density at radius 3 is 2.11 bits per heavy atom. The van der Waals surface area contributed by atoms with Gasteiger partial charge in [0.05, 0.1) is 0 Å². The van der Waals surface area contributed by atoms with Gasteiger partial charge in [-0.05, 0) is 13.3 Å². The van der Waals surface area contributed by atoms with Gasteiger partial charge in [0.15, 0.2) is 0 Å². The number of hydrogen-bond acceptors (Lipinski definition) is 1. The molecule has 0 aliphatic carbocycles. The number of carbonyl (C=O) groups is 1. The highest BCUT2D eigenvalue weighted by Crippen LogP contribution is 2.13. The molecule has 0 spiro atoms. The predicted octanol–water partition coefficient (Wildman–Crippen LogP) is 1.63. The molecule has 0 aliphatic rings. The van der Waals surface area contributed by atoms with Crippen LogP contribution in [0.3, 0.4) is 0 Å². The Morgan fingerprint density at radius 1 is 1.78 bits per heavy atom. The summed E-state index contributed by atoms with van der Waals surface area (Å²) in [5.74, 6) is -1.39. The average Bonchev–Trinajstić information content (AvgIpc) is 1.67. The maximum Gasteiger partial charge on any atom is 0.341 e. The van der Waals surface area contributed by atoms with Gasteiger partial charge in [0.1, 0.15) is 0 Å². The molecule has 2 nitrogen and oxygen atoms in total. The van der Waals surface area contributed by atoms with E-state index in [1.807, 2.05) is 0 Å². The summed E-state index contributed by atoms with van der Waals surface area (Å²) in [4.78, 5) is 9.88. The summed E-state index contributed by atoms with van der Waals surface area (Å²) < 4.78 is 12.3. The minimum Gasteiger partial charge on any atom is -0.479 e. The average molecular weight is 157 g/mol. The van der Waals surface area contributed by atoms with Crippen molar-refractivity contribution in [2.45, 2.75) is 25.9 Å². The summed E-state index contributed by atoms with van der Waals surface area (Å²) in [5.41, 5.74) is -2.04. The Morgan fingerprint density at radius 2 is 2.11 bits per heavy atom. The van der Waals surface area contributed by atoms with Crippen molar-refractivity contribution in [1.82, 2.24) is 0 Å². The van der Waals surface area contributed by atoms with Gasteiger partial charge < -0.3 is 5.11 Å². The van der Waals surface area contributed by atoms with Crippen LogP contribution in [-0.4, -0.2) is 16.7 Å². The van der Waals surface area contributed by atoms with Crippen LogP contribution in [0.5, 0.6) is 0 Å². The zero-order valence-electron chi connectivity index (χ0n) is 5.35. The molecule has 0 bridgehead atoms. The molecule has 1 N–H and O–H groups in total. The zero-order chi connectivity index (χ0) is 6.78. The summed E-state index contributed by atoms with van der Waals surface area (Å²) in [6.45, 7) is 2.55. The van der Waals surface area contributed by atoms with Crippen LogP contribution >= 0.6 is 12.4 Å². The van der Waals surface area contributed by atoms with Crippen molar-refractivity contribution in [3.05, 3.63) is 0 Å². The summed E-state index contributed by atoms with van der Waals surface area (Å²) in [7, 11) is 0. The monoisotopic (exact) mass is 156 g/mol. The second-order valence-electron chi connectivity index (χ2n) is 1.86. The fourth-order valence-electron chi connectivity index (χ4n) is 0.151. The van der Waals surface area contributed by atoms with Crippen molar-refractivity contribution >= 4 is 18.4 Å². The number of carboxylic acid groups (broad SMARTS) is 1. The van der Waals surface area contributed by atoms with Gasteiger partial charge in [0, 0.05) is 0 Å². The molecule has 4 heteroatoms. The van der Waals surface area contributed by atoms with E-state index >= 15 is 0 Å². The molecule has 0 rings (SSSR count). The third-order valence-electron chi connectivity index (χ3n) is 1.11. The van der Waals surface area contributed by atoms with Gasteiger partial charge in [-0.15, -0.1) is 12.4 Å². The number of carboxylic acids is 1. The Bertz CT molecular complexity index is 103. The van der Waals surface area contributed by atoms with Crippen LogP contribution in [-0.2, 0) is 4.79 Å². The molecule has 0 aliphatic heterocycles. The first kappa shape index (κ1) is 11.5. The molecular weight excluding hydrogens is 147 g/mol. The van der Waals surface area contributed by atoms with Crippen LogP contribution in [0.1, 0.15) is 20.3 Å². The molecule has 9 heavy (non-hydrogen) atoms. The minimum absolute atomic E-state index is 0. The second kappa shape index (κ2) is 3.67. The molecule has 56 valence electrons. The Balaban J connectivity index is 0. The highest BCUT2D eigenvalue weighted by molar-refractivity contribution is 5.85. The molecule has 0 amide bonds. The van der Waals surface area contributed by atoms with Gasteiger partial charge in [-0.3, -0.25) is 0 Å². The topological polar surface area (TPSA) is 37.3 Å². The van der Waals surface area contributed by atoms with Crippen LogP contribution < -0.4 is 0 Å². The Kier molecular flexibility index (Phi) is 4.68. The van der Waals surface area contributed by atoms with Gasteiger partial charge in [-0.1, -0.05) is 6.92 Å². The third-order valence-corrected chi connectivity index (χ3v) is 1.11. The Hall–Kier alpha value is -0.310. The summed E-state index contributed by atoms with van der Waals surface area (Å²) in [6.07, 6.45) is 0.0162. The largest absolute Gasteiger partial charge is 0.479 e. The molecule has 0 fully saturated rings. The van der Waals surface area contributed by atoms with Crippen LogP contribution in [0.15, 0.2) is 0 Å². The molecule has 0 aromatic carbocycles. The molecule has 0 aromatic rings. The lowest BCUT2D eigenvalue weighted by Gasteiger charge is -2.09. The molecule has 0 heterocycles. The molecule has 0 radical (unpaired) electrons. The van der Waals surface area contributed by atoms with E-state index in [-0.39, 0.29) is 18.8 Å². The highest BCUT2D eigenvalue weighted by atomic mass is 35.5. The van der Waals surface area contributed by atoms with E-state index < -0.39 is 11.6 Å². The fraction of sp³-hybridized carbons (Fsp3) is 0.800. The third kappa shape index (κ3) is 3.30. The zero-order valence-corrected chi connectivity index (χ0v) is 6.17. The number of alkyl halides is 1. The van der Waals surface area contributed by atoms with E-state index in [1.165, 1.54) is 6.92 Å². The van der Waals surface area contributed by atoms with Crippen molar-refractivity contribution in [2.24, 2.45) is 0 Å². The van der Waals surface area contributed by atoms with Crippen LogP contribution in [0.4, 0.5) is 4.39 Å². The van der Waals surface area contributed by atoms with Crippen molar-refractivity contribution in [2.75, 3.05) is 0 Å². The molecule has 0 aromatic heterocycles. The number of hydrogen-bond donors (Lipinski definition) is 1. The summed E-state index contributed by atoms with van der Waals surface area (Å²) in [5, 5.41) is 8.07. The normalized spacial score (nSPS) is 15.4. The van der Waals surface area contributed by atoms with Gasteiger partial charge in [0.2, 0.25) is 5.67 Å². The number of rotatable bonds is 2. The van der Waals surface area contributed by atoms with E-state index in [2.05, 4.69) is 0 Å². The SMILES string of the molecule is CCC(C)(F)C(=O)O.Cl. The van der Waals surface area contributed by atoms with E-state index in [4.69, 9.17) is 5.11 Å². The summed E-state index contributed by atoms with van der Waals surface area (Å²) >= 11 is 0. The maximum atomic E-state index is 12.3. The number of aliphatic carboxylic acids is 1. The van der Waals surface area contributed by atoms with Crippen molar-refractivity contribution in [1.29, 1.82) is 0 Å². The first-order valence-electron chi connectivity index (χ1n) is 2.43. The highest BCUT2D eigenvalue weighted by Gasteiger charge is 2.29. The van der Waals surface area contributed by atoms with Gasteiger partial charge in [-0.25, -0.2) is 9.18 Å².